The average Bonchev–Trinajstić information content (AvgIpc) is 3.25. The molecule has 1 aliphatic heterocycles. The summed E-state index contributed by atoms with van der Waals surface area (Å²) in [6.07, 6.45) is 0.987. The van der Waals surface area contributed by atoms with Crippen LogP contribution in [0, 0.1) is 0 Å². The Morgan fingerprint density at radius 2 is 2.26 bits per heavy atom. The minimum Gasteiger partial charge on any atom is -0.334 e. The van der Waals surface area contributed by atoms with Crippen LogP contribution in [0.15, 0.2) is 41.2 Å². The number of nitrogens with one attached hydrogen (secondary N) is 2. The topological polar surface area (TPSA) is 57.3 Å². The summed E-state index contributed by atoms with van der Waals surface area (Å²) in [7, 11) is 0. The van der Waals surface area contributed by atoms with E-state index in [1.54, 1.807) is 5.51 Å². The molecule has 1 aromatic carbocycles. The SMILES string of the molecule is C[C@H](c1ccccc1)N1CC[C@@H](NC(=O)NCc2cscn2)C1. The van der Waals surface area contributed by atoms with Gasteiger partial charge in [0.25, 0.3) is 0 Å². The van der Waals surface area contributed by atoms with Crippen LogP contribution in [0.1, 0.15) is 30.6 Å². The highest BCUT2D eigenvalue weighted by Gasteiger charge is 2.27. The number of hydrogen-bond acceptors (Lipinski definition) is 4. The first-order chi connectivity index (χ1) is 11.2. The lowest BCUT2D eigenvalue weighted by atomic mass is 10.1. The molecule has 2 N–H and O–H groups in total. The minimum atomic E-state index is -0.114. The van der Waals surface area contributed by atoms with Crippen molar-refractivity contribution in [2.45, 2.75) is 32.0 Å². The number of rotatable bonds is 5. The molecule has 0 radical (unpaired) electrons. The Kier molecular flexibility index (Phi) is 5.25. The van der Waals surface area contributed by atoms with Crippen molar-refractivity contribution < 1.29 is 4.79 Å². The zero-order valence-corrected chi connectivity index (χ0v) is 14.1. The van der Waals surface area contributed by atoms with Gasteiger partial charge in [-0.15, -0.1) is 11.3 Å². The number of carbonyl (C=O) groups is 1. The second kappa shape index (κ2) is 7.57. The standard InChI is InChI=1S/C17H22N4OS/c1-13(14-5-3-2-4-6-14)21-8-7-15(10-21)20-17(22)18-9-16-11-23-12-19-16/h2-6,11-13,15H,7-10H2,1H3,(H2,18,20,22)/t13-,15-/m1/s1. The van der Waals surface area contributed by atoms with Crippen LogP contribution in [-0.2, 0) is 6.54 Å². The van der Waals surface area contributed by atoms with E-state index < -0.39 is 0 Å². The van der Waals surface area contributed by atoms with E-state index in [4.69, 9.17) is 0 Å². The van der Waals surface area contributed by atoms with Gasteiger partial charge in [-0.05, 0) is 18.9 Å². The van der Waals surface area contributed by atoms with Crippen LogP contribution in [0.2, 0.25) is 0 Å². The number of amides is 2. The number of aromatic nitrogens is 1. The molecule has 0 aliphatic carbocycles. The van der Waals surface area contributed by atoms with Crippen molar-refractivity contribution in [2.24, 2.45) is 0 Å². The van der Waals surface area contributed by atoms with Gasteiger partial charge in [-0.1, -0.05) is 30.3 Å². The number of urea groups is 1. The third-order valence-electron chi connectivity index (χ3n) is 4.30. The summed E-state index contributed by atoms with van der Waals surface area (Å²) < 4.78 is 0. The van der Waals surface area contributed by atoms with Gasteiger partial charge in [0.2, 0.25) is 0 Å². The number of hydrogen-bond donors (Lipinski definition) is 2. The summed E-state index contributed by atoms with van der Waals surface area (Å²) in [4.78, 5) is 18.5. The third-order valence-corrected chi connectivity index (χ3v) is 4.93. The first-order valence-corrected chi connectivity index (χ1v) is 8.87. The number of likely N-dealkylation sites (tertiary alicyclic amines) is 1. The highest BCUT2D eigenvalue weighted by atomic mass is 32.1. The highest BCUT2D eigenvalue weighted by molar-refractivity contribution is 7.07. The van der Waals surface area contributed by atoms with Crippen LogP contribution in [0.4, 0.5) is 4.79 Å². The van der Waals surface area contributed by atoms with E-state index >= 15 is 0 Å². The fourth-order valence-corrected chi connectivity index (χ4v) is 3.49. The molecular formula is C17H22N4OS. The van der Waals surface area contributed by atoms with Crippen molar-refractivity contribution in [3.63, 3.8) is 0 Å². The quantitative estimate of drug-likeness (QED) is 0.886. The Hall–Kier alpha value is -1.92. The molecule has 0 saturated carbocycles. The summed E-state index contributed by atoms with van der Waals surface area (Å²) in [5, 5.41) is 7.87. The average molecular weight is 330 g/mol. The van der Waals surface area contributed by atoms with Crippen LogP contribution < -0.4 is 10.6 Å². The number of benzene rings is 1. The van der Waals surface area contributed by atoms with Crippen molar-refractivity contribution in [3.8, 4) is 0 Å². The Morgan fingerprint density at radius 1 is 1.43 bits per heavy atom. The van der Waals surface area contributed by atoms with Gasteiger partial charge in [0, 0.05) is 30.6 Å². The van der Waals surface area contributed by atoms with Crippen molar-refractivity contribution in [2.75, 3.05) is 13.1 Å². The maximum atomic E-state index is 12.0. The Balaban J connectivity index is 1.45. The molecule has 3 rings (SSSR count). The number of thiazole rings is 1. The van der Waals surface area contributed by atoms with E-state index in [9.17, 15) is 4.79 Å². The van der Waals surface area contributed by atoms with E-state index in [1.165, 1.54) is 16.9 Å². The van der Waals surface area contributed by atoms with E-state index in [-0.39, 0.29) is 12.1 Å². The van der Waals surface area contributed by atoms with Crippen LogP contribution in [0.25, 0.3) is 0 Å². The van der Waals surface area contributed by atoms with Gasteiger partial charge < -0.3 is 10.6 Å². The molecule has 6 heteroatoms. The summed E-state index contributed by atoms with van der Waals surface area (Å²) in [6.45, 7) is 4.60. The molecule has 122 valence electrons. The van der Waals surface area contributed by atoms with Crippen LogP contribution >= 0.6 is 11.3 Å². The fraction of sp³-hybridized carbons (Fsp3) is 0.412. The zero-order chi connectivity index (χ0) is 16.1. The number of carbonyl (C=O) groups excluding carboxylic acids is 1. The molecule has 2 atom stereocenters. The summed E-state index contributed by atoms with van der Waals surface area (Å²) >= 11 is 1.54. The van der Waals surface area contributed by atoms with Crippen LogP contribution in [0.3, 0.4) is 0 Å². The van der Waals surface area contributed by atoms with Gasteiger partial charge in [0.05, 0.1) is 17.7 Å². The van der Waals surface area contributed by atoms with Gasteiger partial charge >= 0.3 is 6.03 Å². The maximum Gasteiger partial charge on any atom is 0.315 e. The molecule has 1 fully saturated rings. The zero-order valence-electron chi connectivity index (χ0n) is 13.2. The van der Waals surface area contributed by atoms with Gasteiger partial charge in [-0.2, -0.15) is 0 Å². The molecule has 2 heterocycles. The first-order valence-electron chi connectivity index (χ1n) is 7.93. The molecular weight excluding hydrogens is 308 g/mol. The van der Waals surface area contributed by atoms with Gasteiger partial charge in [0.15, 0.2) is 0 Å². The lowest BCUT2D eigenvalue weighted by Crippen LogP contribution is -2.43. The van der Waals surface area contributed by atoms with Crippen molar-refractivity contribution >= 4 is 17.4 Å². The molecule has 2 amide bonds. The van der Waals surface area contributed by atoms with E-state index in [0.717, 1.165) is 25.2 Å². The van der Waals surface area contributed by atoms with Gasteiger partial charge in [-0.25, -0.2) is 9.78 Å². The van der Waals surface area contributed by atoms with Crippen molar-refractivity contribution in [1.82, 2.24) is 20.5 Å². The van der Waals surface area contributed by atoms with E-state index in [2.05, 4.69) is 51.7 Å². The molecule has 23 heavy (non-hydrogen) atoms. The predicted octanol–water partition coefficient (Wildman–Crippen LogP) is 2.78. The summed E-state index contributed by atoms with van der Waals surface area (Å²) in [5.74, 6) is 0. The number of nitrogens with zero attached hydrogens (tertiary/aromatic N) is 2. The first kappa shape index (κ1) is 16.0. The molecule has 0 unspecified atom stereocenters. The molecule has 5 nitrogen and oxygen atoms in total. The largest absolute Gasteiger partial charge is 0.334 e. The van der Waals surface area contributed by atoms with Crippen LogP contribution in [0.5, 0.6) is 0 Å². The smallest absolute Gasteiger partial charge is 0.315 e. The third kappa shape index (κ3) is 4.30. The minimum absolute atomic E-state index is 0.114. The van der Waals surface area contributed by atoms with E-state index in [1.807, 2.05) is 11.4 Å². The second-order valence-corrected chi connectivity index (χ2v) is 6.59. The molecule has 2 aromatic rings. The maximum absolute atomic E-state index is 12.0. The molecule has 1 aliphatic rings. The van der Waals surface area contributed by atoms with Gasteiger partial charge in [0.1, 0.15) is 0 Å². The monoisotopic (exact) mass is 330 g/mol. The highest BCUT2D eigenvalue weighted by Crippen LogP contribution is 2.24. The lowest BCUT2D eigenvalue weighted by molar-refractivity contribution is 0.231. The summed E-state index contributed by atoms with van der Waals surface area (Å²) in [6, 6.07) is 11.0. The Labute approximate surface area is 140 Å². The lowest BCUT2D eigenvalue weighted by Gasteiger charge is -2.24. The van der Waals surface area contributed by atoms with Crippen molar-refractivity contribution in [1.29, 1.82) is 0 Å². The summed E-state index contributed by atoms with van der Waals surface area (Å²) in [5.41, 5.74) is 3.99. The molecule has 0 bridgehead atoms. The van der Waals surface area contributed by atoms with Crippen LogP contribution in [-0.4, -0.2) is 35.0 Å². The fourth-order valence-electron chi connectivity index (χ4n) is 2.93. The van der Waals surface area contributed by atoms with E-state index in [0.29, 0.717) is 12.6 Å². The molecule has 1 saturated heterocycles. The normalized spacial score (nSPS) is 19.4. The predicted molar refractivity (Wildman–Crippen MR) is 92.3 cm³/mol. The molecule has 1 aromatic heterocycles. The van der Waals surface area contributed by atoms with Gasteiger partial charge in [-0.3, -0.25) is 4.90 Å². The Bertz CT molecular complexity index is 617. The second-order valence-electron chi connectivity index (χ2n) is 5.87. The molecule has 0 spiro atoms. The Morgan fingerprint density at radius 3 is 3.00 bits per heavy atom. The van der Waals surface area contributed by atoms with Crippen molar-refractivity contribution in [3.05, 3.63) is 52.5 Å².